The van der Waals surface area contributed by atoms with E-state index >= 15 is 0 Å². The van der Waals surface area contributed by atoms with Gasteiger partial charge in [0.2, 0.25) is 0 Å². The first kappa shape index (κ1) is 10.9. The Morgan fingerprint density at radius 3 is 2.80 bits per heavy atom. The van der Waals surface area contributed by atoms with Gasteiger partial charge in [0, 0.05) is 6.42 Å². The molecule has 2 rings (SSSR count). The van der Waals surface area contributed by atoms with Crippen LogP contribution in [0.1, 0.15) is 19.3 Å². The monoisotopic (exact) mass is 216 g/mol. The van der Waals surface area contributed by atoms with Crippen molar-refractivity contribution in [3.8, 4) is 0 Å². The van der Waals surface area contributed by atoms with Crippen LogP contribution in [-0.2, 0) is 19.0 Å². The number of carbonyl (C=O) groups is 1. The maximum absolute atomic E-state index is 11.2. The maximum atomic E-state index is 11.2. The molecule has 0 saturated carbocycles. The first-order chi connectivity index (χ1) is 7.25. The summed E-state index contributed by atoms with van der Waals surface area (Å²) in [6, 6.07) is 0. The molecule has 0 amide bonds. The largest absolute Gasteiger partial charge is 0.463 e. The molecular formula is C10H16O5. The Bertz CT molecular complexity index is 222. The molecule has 2 fully saturated rings. The van der Waals surface area contributed by atoms with Crippen molar-refractivity contribution in [2.75, 3.05) is 19.8 Å². The molecule has 0 spiro atoms. The molecule has 86 valence electrons. The van der Waals surface area contributed by atoms with Crippen LogP contribution in [0.5, 0.6) is 0 Å². The molecule has 2 heterocycles. The predicted octanol–water partition coefficient (Wildman–Crippen LogP) is -0.142. The zero-order valence-corrected chi connectivity index (χ0v) is 8.55. The average molecular weight is 216 g/mol. The van der Waals surface area contributed by atoms with Gasteiger partial charge in [0.25, 0.3) is 0 Å². The summed E-state index contributed by atoms with van der Waals surface area (Å²) >= 11 is 0. The van der Waals surface area contributed by atoms with E-state index in [2.05, 4.69) is 0 Å². The maximum Gasteiger partial charge on any atom is 0.305 e. The Kier molecular flexibility index (Phi) is 3.56. The van der Waals surface area contributed by atoms with Gasteiger partial charge in [0.15, 0.2) is 0 Å². The van der Waals surface area contributed by atoms with Crippen LogP contribution in [0.15, 0.2) is 0 Å². The summed E-state index contributed by atoms with van der Waals surface area (Å²) in [5.41, 5.74) is 0. The Morgan fingerprint density at radius 2 is 2.20 bits per heavy atom. The van der Waals surface area contributed by atoms with Crippen molar-refractivity contribution in [2.24, 2.45) is 0 Å². The summed E-state index contributed by atoms with van der Waals surface area (Å²) in [6.07, 6.45) is 1.30. The van der Waals surface area contributed by atoms with Crippen molar-refractivity contribution in [2.45, 2.75) is 37.6 Å². The molecule has 3 unspecified atom stereocenters. The highest BCUT2D eigenvalue weighted by atomic mass is 16.6. The molecule has 3 atom stereocenters. The van der Waals surface area contributed by atoms with E-state index in [1.807, 2.05) is 0 Å². The number of hydrogen-bond acceptors (Lipinski definition) is 5. The molecule has 0 aromatic carbocycles. The molecule has 0 bridgehead atoms. The Balaban J connectivity index is 1.46. The first-order valence-electron chi connectivity index (χ1n) is 5.32. The van der Waals surface area contributed by atoms with E-state index < -0.39 is 6.10 Å². The molecule has 1 N–H and O–H groups in total. The van der Waals surface area contributed by atoms with Gasteiger partial charge < -0.3 is 19.3 Å². The van der Waals surface area contributed by atoms with Gasteiger partial charge in [-0.15, -0.1) is 0 Å². The van der Waals surface area contributed by atoms with Crippen LogP contribution in [0.3, 0.4) is 0 Å². The lowest BCUT2D eigenvalue weighted by molar-refractivity contribution is -0.144. The van der Waals surface area contributed by atoms with Gasteiger partial charge in [-0.1, -0.05) is 0 Å². The molecule has 2 aliphatic rings. The van der Waals surface area contributed by atoms with E-state index in [1.165, 1.54) is 0 Å². The lowest BCUT2D eigenvalue weighted by Crippen LogP contribution is -2.15. The topological polar surface area (TPSA) is 71.6 Å². The zero-order valence-electron chi connectivity index (χ0n) is 8.55. The van der Waals surface area contributed by atoms with Crippen molar-refractivity contribution in [3.05, 3.63) is 0 Å². The second kappa shape index (κ2) is 4.92. The summed E-state index contributed by atoms with van der Waals surface area (Å²) in [7, 11) is 0. The summed E-state index contributed by atoms with van der Waals surface area (Å²) < 4.78 is 14.8. The smallest absolute Gasteiger partial charge is 0.305 e. The van der Waals surface area contributed by atoms with E-state index in [0.29, 0.717) is 39.1 Å². The Hall–Kier alpha value is -0.650. The van der Waals surface area contributed by atoms with Gasteiger partial charge in [0.1, 0.15) is 18.8 Å². The molecule has 0 radical (unpaired) electrons. The molecule has 2 saturated heterocycles. The number of rotatable bonds is 7. The van der Waals surface area contributed by atoms with Crippen molar-refractivity contribution in [1.82, 2.24) is 0 Å². The fourth-order valence-electron chi connectivity index (χ4n) is 1.34. The number of carbonyl (C=O) groups excluding carboxylic acids is 1. The van der Waals surface area contributed by atoms with Crippen LogP contribution in [0.25, 0.3) is 0 Å². The first-order valence-corrected chi connectivity index (χ1v) is 5.32. The van der Waals surface area contributed by atoms with Crippen molar-refractivity contribution in [3.63, 3.8) is 0 Å². The van der Waals surface area contributed by atoms with Crippen LogP contribution >= 0.6 is 0 Å². The van der Waals surface area contributed by atoms with Crippen molar-refractivity contribution in [1.29, 1.82) is 0 Å². The minimum Gasteiger partial charge on any atom is -0.463 e. The molecule has 0 aromatic rings. The van der Waals surface area contributed by atoms with Gasteiger partial charge in [-0.3, -0.25) is 4.79 Å². The van der Waals surface area contributed by atoms with Crippen LogP contribution in [0.4, 0.5) is 0 Å². The number of epoxide rings is 2. The summed E-state index contributed by atoms with van der Waals surface area (Å²) in [5, 5.41) is 9.43. The van der Waals surface area contributed by atoms with Crippen molar-refractivity contribution < 1.29 is 24.1 Å². The van der Waals surface area contributed by atoms with E-state index in [4.69, 9.17) is 14.2 Å². The van der Waals surface area contributed by atoms with Gasteiger partial charge >= 0.3 is 5.97 Å². The number of hydrogen-bond donors (Lipinski definition) is 1. The minimum atomic E-state index is -0.426. The quantitative estimate of drug-likeness (QED) is 0.473. The number of esters is 1. The summed E-state index contributed by atoms with van der Waals surface area (Å²) in [5.74, 6) is -0.214. The normalized spacial score (nSPS) is 29.7. The van der Waals surface area contributed by atoms with Gasteiger partial charge in [-0.25, -0.2) is 0 Å². The SMILES string of the molecule is O=C(CCCC(O)C1CO1)OCC1CO1. The lowest BCUT2D eigenvalue weighted by atomic mass is 10.1. The minimum absolute atomic E-state index is 0.000819. The molecule has 5 heteroatoms. The second-order valence-electron chi connectivity index (χ2n) is 3.97. The second-order valence-corrected chi connectivity index (χ2v) is 3.97. The lowest BCUT2D eigenvalue weighted by Gasteiger charge is -2.06. The standard InChI is InChI=1S/C10H16O5/c11-8(9-6-14-9)2-1-3-10(12)15-5-7-4-13-7/h7-9,11H,1-6H2. The fraction of sp³-hybridized carbons (Fsp3) is 0.900. The highest BCUT2D eigenvalue weighted by molar-refractivity contribution is 5.69. The highest BCUT2D eigenvalue weighted by Gasteiger charge is 2.30. The van der Waals surface area contributed by atoms with E-state index in [9.17, 15) is 9.90 Å². The van der Waals surface area contributed by atoms with Gasteiger partial charge in [0.05, 0.1) is 19.3 Å². The molecule has 5 nitrogen and oxygen atoms in total. The van der Waals surface area contributed by atoms with Crippen LogP contribution in [0, 0.1) is 0 Å². The highest BCUT2D eigenvalue weighted by Crippen LogP contribution is 2.18. The third kappa shape index (κ3) is 4.15. The summed E-state index contributed by atoms with van der Waals surface area (Å²) in [6.45, 7) is 1.71. The van der Waals surface area contributed by atoms with Crippen molar-refractivity contribution >= 4 is 5.97 Å². The molecule has 0 aromatic heterocycles. The third-order valence-electron chi connectivity index (χ3n) is 2.50. The van der Waals surface area contributed by atoms with Crippen LogP contribution in [-0.4, -0.2) is 49.2 Å². The van der Waals surface area contributed by atoms with Gasteiger partial charge in [-0.2, -0.15) is 0 Å². The Labute approximate surface area is 88.3 Å². The summed E-state index contributed by atoms with van der Waals surface area (Å²) in [4.78, 5) is 11.2. The number of ether oxygens (including phenoxy) is 3. The van der Waals surface area contributed by atoms with Crippen LogP contribution < -0.4 is 0 Å². The van der Waals surface area contributed by atoms with Gasteiger partial charge in [-0.05, 0) is 12.8 Å². The third-order valence-corrected chi connectivity index (χ3v) is 2.50. The van der Waals surface area contributed by atoms with E-state index in [0.717, 1.165) is 0 Å². The number of aliphatic hydroxyl groups excluding tert-OH is 1. The molecule has 0 aliphatic carbocycles. The zero-order chi connectivity index (χ0) is 10.7. The fourth-order valence-corrected chi connectivity index (χ4v) is 1.34. The number of aliphatic hydroxyl groups is 1. The average Bonchev–Trinajstić information content (AvgIpc) is 3.04. The predicted molar refractivity (Wildman–Crippen MR) is 50.3 cm³/mol. The molecule has 2 aliphatic heterocycles. The van der Waals surface area contributed by atoms with E-state index in [1.54, 1.807) is 0 Å². The molecule has 15 heavy (non-hydrogen) atoms. The Morgan fingerprint density at radius 1 is 1.47 bits per heavy atom. The van der Waals surface area contributed by atoms with E-state index in [-0.39, 0.29) is 18.2 Å². The molecular weight excluding hydrogens is 200 g/mol. The van der Waals surface area contributed by atoms with Crippen LogP contribution in [0.2, 0.25) is 0 Å².